The molecule has 1 atom stereocenters. The number of hydrogen-bond acceptors (Lipinski definition) is 5. The Hall–Kier alpha value is -3.17. The number of ether oxygens (including phenoxy) is 1. The van der Waals surface area contributed by atoms with Gasteiger partial charge in [0, 0.05) is 30.3 Å². The molecule has 0 spiro atoms. The molecule has 0 saturated heterocycles. The third kappa shape index (κ3) is 6.66. The number of benzene rings is 1. The summed E-state index contributed by atoms with van der Waals surface area (Å²) >= 11 is 0. The number of carbonyl (C=O) groups is 1. The van der Waals surface area contributed by atoms with Gasteiger partial charge >= 0.3 is 11.9 Å². The van der Waals surface area contributed by atoms with Crippen molar-refractivity contribution in [1.29, 1.82) is 0 Å². The second-order valence-electron chi connectivity index (χ2n) is 7.66. The van der Waals surface area contributed by atoms with E-state index < -0.39 is 6.03 Å². The van der Waals surface area contributed by atoms with Crippen molar-refractivity contribution in [3.8, 4) is 5.75 Å². The number of aromatic nitrogens is 2. The van der Waals surface area contributed by atoms with E-state index in [-0.39, 0.29) is 12.6 Å². The van der Waals surface area contributed by atoms with Crippen LogP contribution in [-0.4, -0.2) is 70.8 Å². The minimum absolute atomic E-state index is 0.101. The fourth-order valence-corrected chi connectivity index (χ4v) is 3.52. The molecule has 2 N–H and O–H groups in total. The Morgan fingerprint density at radius 2 is 2.12 bits per heavy atom. The van der Waals surface area contributed by atoms with E-state index in [0.29, 0.717) is 30.3 Å². The zero-order chi connectivity index (χ0) is 24.4. The van der Waals surface area contributed by atoms with Crippen LogP contribution in [0.15, 0.2) is 43.1 Å². The first-order valence-electron chi connectivity index (χ1n) is 11.1. The lowest BCUT2D eigenvalue weighted by Crippen LogP contribution is -2.41. The van der Waals surface area contributed by atoms with Gasteiger partial charge in [0.2, 0.25) is 0 Å². The van der Waals surface area contributed by atoms with Crippen LogP contribution in [0.1, 0.15) is 39.2 Å². The van der Waals surface area contributed by atoms with Crippen LogP contribution in [0.25, 0.3) is 10.9 Å². The Bertz CT molecular complexity index is 1000. The van der Waals surface area contributed by atoms with Gasteiger partial charge in [0.25, 0.3) is 0 Å². The number of amidine groups is 1. The lowest BCUT2D eigenvalue weighted by Gasteiger charge is -2.15. The number of aliphatic hydroxyl groups excluding tert-OH is 1. The van der Waals surface area contributed by atoms with Crippen molar-refractivity contribution in [3.05, 3.63) is 43.1 Å². The van der Waals surface area contributed by atoms with Crippen molar-refractivity contribution in [2.45, 2.75) is 39.2 Å². The molecule has 0 saturated carbocycles. The number of amides is 2. The molecular formula is C24H36N5O4+. The van der Waals surface area contributed by atoms with E-state index in [9.17, 15) is 9.90 Å². The number of urea groups is 1. The van der Waals surface area contributed by atoms with Gasteiger partial charge in [-0.1, -0.05) is 32.1 Å². The summed E-state index contributed by atoms with van der Waals surface area (Å²) < 4.78 is 9.44. The Labute approximate surface area is 195 Å². The maximum atomic E-state index is 13.1. The monoisotopic (exact) mass is 458 g/mol. The molecular weight excluding hydrogens is 422 g/mol. The Balaban J connectivity index is 2.44. The molecule has 2 aromatic rings. The van der Waals surface area contributed by atoms with Gasteiger partial charge in [0.05, 0.1) is 45.1 Å². The summed E-state index contributed by atoms with van der Waals surface area (Å²) in [5.74, 6) is 1.04. The molecule has 0 fully saturated rings. The average Bonchev–Trinajstić information content (AvgIpc) is 3.19. The van der Waals surface area contributed by atoms with Gasteiger partial charge < -0.3 is 9.84 Å². The third-order valence-electron chi connectivity index (χ3n) is 5.04. The number of nitrogens with one attached hydrogen (secondary N) is 1. The molecule has 0 aliphatic rings. The average molecular weight is 459 g/mol. The fraction of sp³-hybridized carbons (Fsp3) is 0.458. The highest BCUT2D eigenvalue weighted by atomic mass is 16.7. The highest BCUT2D eigenvalue weighted by Gasteiger charge is 2.29. The van der Waals surface area contributed by atoms with E-state index in [1.54, 1.807) is 22.8 Å². The number of anilines is 1. The molecule has 9 heteroatoms. The first-order chi connectivity index (χ1) is 15.9. The van der Waals surface area contributed by atoms with E-state index in [0.717, 1.165) is 28.8 Å². The Morgan fingerprint density at radius 3 is 2.70 bits per heavy atom. The van der Waals surface area contributed by atoms with E-state index in [1.807, 2.05) is 44.0 Å². The van der Waals surface area contributed by atoms with E-state index in [4.69, 9.17) is 14.7 Å². The van der Waals surface area contributed by atoms with Crippen molar-refractivity contribution >= 4 is 28.5 Å². The molecule has 0 aliphatic carbocycles. The molecule has 1 heterocycles. The summed E-state index contributed by atoms with van der Waals surface area (Å²) in [4.78, 5) is 18.5. The van der Waals surface area contributed by atoms with E-state index in [1.165, 1.54) is 7.11 Å². The minimum atomic E-state index is -0.480. The Morgan fingerprint density at radius 1 is 1.36 bits per heavy atom. The lowest BCUT2D eigenvalue weighted by atomic mass is 10.1. The Kier molecular flexibility index (Phi) is 10.1. The summed E-state index contributed by atoms with van der Waals surface area (Å²) in [5, 5.41) is 19.0. The van der Waals surface area contributed by atoms with Crippen LogP contribution < -0.4 is 10.1 Å². The van der Waals surface area contributed by atoms with Crippen LogP contribution in [0, 0.1) is 0 Å². The van der Waals surface area contributed by atoms with Gasteiger partial charge in [-0.2, -0.15) is 9.94 Å². The quantitative estimate of drug-likeness (QED) is 0.175. The van der Waals surface area contributed by atoms with Crippen LogP contribution in [0.3, 0.4) is 0 Å². The van der Waals surface area contributed by atoms with Crippen molar-refractivity contribution < 1.29 is 24.1 Å². The van der Waals surface area contributed by atoms with Crippen LogP contribution in [-0.2, 0) is 4.84 Å². The summed E-state index contributed by atoms with van der Waals surface area (Å²) in [7, 11) is 5.05. The molecule has 180 valence electrons. The topological polar surface area (TPSA) is 91.9 Å². The molecule has 0 unspecified atom stereocenters. The molecule has 2 rings (SSSR count). The predicted molar refractivity (Wildman–Crippen MR) is 131 cm³/mol. The van der Waals surface area contributed by atoms with Crippen molar-refractivity contribution in [1.82, 2.24) is 14.8 Å². The second-order valence-corrected chi connectivity index (χ2v) is 7.66. The van der Waals surface area contributed by atoms with Crippen LogP contribution in [0.2, 0.25) is 0 Å². The van der Waals surface area contributed by atoms with Crippen LogP contribution in [0.5, 0.6) is 5.75 Å². The summed E-state index contributed by atoms with van der Waals surface area (Å²) in [6, 6.07) is 3.29. The normalized spacial score (nSPS) is 12.1. The fourth-order valence-electron chi connectivity index (χ4n) is 3.52. The molecule has 0 radical (unpaired) electrons. The number of fused-ring (bicyclic) bond motifs is 1. The smallest absolute Gasteiger partial charge is 0.444 e. The highest BCUT2D eigenvalue weighted by Crippen LogP contribution is 2.32. The first kappa shape index (κ1) is 26.1. The first-order valence-corrected chi connectivity index (χ1v) is 11.1. The second kappa shape index (κ2) is 12.8. The number of allylic oxidation sites excluding steroid dienone is 2. The lowest BCUT2D eigenvalue weighted by molar-refractivity contribution is -0.472. The largest absolute Gasteiger partial charge is 0.492 e. The molecule has 0 aliphatic heterocycles. The number of nitrogens with zero attached hydrogens (tertiary/aromatic N) is 4. The zero-order valence-corrected chi connectivity index (χ0v) is 20.2. The number of hydrogen-bond donors (Lipinski definition) is 2. The maximum absolute atomic E-state index is 13.1. The summed E-state index contributed by atoms with van der Waals surface area (Å²) in [6.07, 6.45) is 9.55. The van der Waals surface area contributed by atoms with Crippen molar-refractivity contribution in [3.63, 3.8) is 0 Å². The molecule has 0 bridgehead atoms. The number of hydroxylamine groups is 2. The number of aliphatic hydroxyl groups is 1. The molecule has 2 amide bonds. The maximum Gasteiger partial charge on any atom is 0.444 e. The van der Waals surface area contributed by atoms with E-state index >= 15 is 0 Å². The van der Waals surface area contributed by atoms with Gasteiger partial charge in [0.1, 0.15) is 5.75 Å². The number of rotatable bonds is 11. The third-order valence-corrected chi connectivity index (χ3v) is 5.04. The number of carbonyl (C=O) groups excluding carboxylic acids is 1. The predicted octanol–water partition coefficient (Wildman–Crippen LogP) is 3.97. The molecule has 9 nitrogen and oxygen atoms in total. The van der Waals surface area contributed by atoms with E-state index in [2.05, 4.69) is 18.8 Å². The minimum Gasteiger partial charge on any atom is -0.492 e. The van der Waals surface area contributed by atoms with Gasteiger partial charge in [0.15, 0.2) is 0 Å². The zero-order valence-electron chi connectivity index (χ0n) is 20.2. The highest BCUT2D eigenvalue weighted by molar-refractivity contribution is 6.05. The standard InChI is InChI=1S/C24H35N5O4/c1-7-10-12-23(27(4)5)29(32-6)24(31)25-21-15-18-17-28(19(11-8-2)13-14-30)26-20(18)16-22(21)33-9-3/h7,10,12,15-17,19,30H,1,8-9,11,13-14H2,2-6H3/p+1/b12-10-/t19-/m1/s1. The molecule has 1 aromatic heterocycles. The van der Waals surface area contributed by atoms with Gasteiger partial charge in [-0.3, -0.25) is 14.6 Å². The van der Waals surface area contributed by atoms with Crippen molar-refractivity contribution in [2.24, 2.45) is 0 Å². The SMILES string of the molecule is C=C/C=C\C(N(OC)C(=O)Nc1cc2cn([C@H](CCC)CCO)nc2cc1OCC)=[N+](C)C. The summed E-state index contributed by atoms with van der Waals surface area (Å²) in [5.41, 5.74) is 1.27. The van der Waals surface area contributed by atoms with Gasteiger partial charge in [-0.05, 0) is 30.9 Å². The van der Waals surface area contributed by atoms with Gasteiger partial charge in [-0.15, -0.1) is 0 Å². The molecule has 1 aromatic carbocycles. The van der Waals surface area contributed by atoms with Gasteiger partial charge in [-0.25, -0.2) is 4.79 Å². The van der Waals surface area contributed by atoms with Crippen LogP contribution >= 0.6 is 0 Å². The molecule has 33 heavy (non-hydrogen) atoms. The summed E-state index contributed by atoms with van der Waals surface area (Å²) in [6.45, 7) is 8.20. The van der Waals surface area contributed by atoms with Crippen LogP contribution in [0.4, 0.5) is 10.5 Å². The van der Waals surface area contributed by atoms with Crippen molar-refractivity contribution in [2.75, 3.05) is 39.7 Å².